The fourth-order valence-corrected chi connectivity index (χ4v) is 1.26. The molecular formula is C12H14N2O3. The van der Waals surface area contributed by atoms with Crippen LogP contribution in [0.15, 0.2) is 18.2 Å². The topological polar surface area (TPSA) is 85.3 Å². The number of carbonyl (C=O) groups is 1. The van der Waals surface area contributed by atoms with Gasteiger partial charge in [0.2, 0.25) is 0 Å². The van der Waals surface area contributed by atoms with Crippen LogP contribution in [0.3, 0.4) is 0 Å². The second-order valence-corrected chi connectivity index (χ2v) is 3.39. The van der Waals surface area contributed by atoms with E-state index < -0.39 is 12.1 Å². The third-order valence-electron chi connectivity index (χ3n) is 2.23. The lowest BCUT2D eigenvalue weighted by molar-refractivity contribution is 0.0401. The van der Waals surface area contributed by atoms with Gasteiger partial charge in [-0.05, 0) is 24.6 Å². The Hall–Kier alpha value is -2.22. The molecule has 0 heterocycles. The third kappa shape index (κ3) is 3.11. The molecule has 0 fully saturated rings. The van der Waals surface area contributed by atoms with Crippen molar-refractivity contribution in [1.29, 1.82) is 5.26 Å². The number of hydrogen-bond donors (Lipinski definition) is 1. The summed E-state index contributed by atoms with van der Waals surface area (Å²) < 4.78 is 9.94. The van der Waals surface area contributed by atoms with E-state index in [0.717, 1.165) is 0 Å². The molecule has 1 aromatic carbocycles. The molecular weight excluding hydrogens is 220 g/mol. The summed E-state index contributed by atoms with van der Waals surface area (Å²) in [4.78, 5) is 11.7. The minimum absolute atomic E-state index is 0.303. The predicted molar refractivity (Wildman–Crippen MR) is 62.5 cm³/mol. The van der Waals surface area contributed by atoms with Crippen molar-refractivity contribution in [3.63, 3.8) is 0 Å². The molecule has 0 aliphatic rings. The van der Waals surface area contributed by atoms with E-state index in [9.17, 15) is 4.79 Å². The zero-order valence-electron chi connectivity index (χ0n) is 9.77. The number of ether oxygens (including phenoxy) is 2. The van der Waals surface area contributed by atoms with Gasteiger partial charge >= 0.3 is 5.97 Å². The van der Waals surface area contributed by atoms with Crippen molar-refractivity contribution in [2.75, 3.05) is 12.8 Å². The fourth-order valence-electron chi connectivity index (χ4n) is 1.26. The van der Waals surface area contributed by atoms with Gasteiger partial charge in [0.25, 0.3) is 0 Å². The Morgan fingerprint density at radius 1 is 1.59 bits per heavy atom. The van der Waals surface area contributed by atoms with E-state index in [1.807, 2.05) is 6.07 Å². The van der Waals surface area contributed by atoms with Crippen molar-refractivity contribution in [3.8, 4) is 11.8 Å². The van der Waals surface area contributed by atoms with Crippen LogP contribution in [0.4, 0.5) is 5.69 Å². The zero-order valence-corrected chi connectivity index (χ0v) is 9.77. The summed E-state index contributed by atoms with van der Waals surface area (Å²) in [5.41, 5.74) is 6.32. The molecule has 1 rings (SSSR count). The summed E-state index contributed by atoms with van der Waals surface area (Å²) in [5, 5.41) is 8.69. The van der Waals surface area contributed by atoms with Crippen LogP contribution in [0.5, 0.6) is 5.75 Å². The Balaban J connectivity index is 2.83. The van der Waals surface area contributed by atoms with E-state index in [2.05, 4.69) is 0 Å². The molecule has 0 aliphatic carbocycles. The van der Waals surface area contributed by atoms with Gasteiger partial charge in [0, 0.05) is 0 Å². The predicted octanol–water partition coefficient (Wildman–Crippen LogP) is 1.74. The number of esters is 1. The smallest absolute Gasteiger partial charge is 0.339 e. The molecule has 0 aliphatic heterocycles. The number of rotatable bonds is 4. The maximum Gasteiger partial charge on any atom is 0.339 e. The van der Waals surface area contributed by atoms with Crippen molar-refractivity contribution in [3.05, 3.63) is 23.8 Å². The number of nitrogens with zero attached hydrogens (tertiary/aromatic N) is 1. The molecule has 1 unspecified atom stereocenters. The number of carbonyl (C=O) groups excluding carboxylic acids is 1. The maximum atomic E-state index is 11.7. The second kappa shape index (κ2) is 5.75. The fraction of sp³-hybridized carbons (Fsp3) is 0.333. The van der Waals surface area contributed by atoms with Gasteiger partial charge in [0.1, 0.15) is 11.8 Å². The number of nitrogen functional groups attached to an aromatic ring is 1. The highest BCUT2D eigenvalue weighted by Crippen LogP contribution is 2.22. The summed E-state index contributed by atoms with van der Waals surface area (Å²) in [5.74, 6) is -0.0679. The molecule has 5 heteroatoms. The van der Waals surface area contributed by atoms with E-state index in [1.165, 1.54) is 13.2 Å². The highest BCUT2D eigenvalue weighted by atomic mass is 16.5. The van der Waals surface area contributed by atoms with Gasteiger partial charge in [-0.2, -0.15) is 5.26 Å². The monoisotopic (exact) mass is 234 g/mol. The van der Waals surface area contributed by atoms with Crippen LogP contribution < -0.4 is 10.5 Å². The van der Waals surface area contributed by atoms with E-state index in [1.54, 1.807) is 19.1 Å². The summed E-state index contributed by atoms with van der Waals surface area (Å²) in [6.07, 6.45) is -0.278. The lowest BCUT2D eigenvalue weighted by Crippen LogP contribution is -2.15. The van der Waals surface area contributed by atoms with Crippen LogP contribution in [0, 0.1) is 11.3 Å². The molecule has 0 amide bonds. The van der Waals surface area contributed by atoms with Gasteiger partial charge in [-0.1, -0.05) is 6.92 Å². The molecule has 0 saturated carbocycles. The Morgan fingerprint density at radius 2 is 2.29 bits per heavy atom. The van der Waals surface area contributed by atoms with Crippen molar-refractivity contribution in [1.82, 2.24) is 0 Å². The first-order valence-electron chi connectivity index (χ1n) is 5.16. The van der Waals surface area contributed by atoms with Gasteiger partial charge in [0.05, 0.1) is 18.4 Å². The van der Waals surface area contributed by atoms with Crippen LogP contribution >= 0.6 is 0 Å². The summed E-state index contributed by atoms with van der Waals surface area (Å²) in [7, 11) is 1.49. The number of anilines is 1. The van der Waals surface area contributed by atoms with Crippen LogP contribution in [0.1, 0.15) is 23.7 Å². The summed E-state index contributed by atoms with van der Waals surface area (Å²) in [6.45, 7) is 1.77. The Morgan fingerprint density at radius 3 is 2.76 bits per heavy atom. The molecule has 0 radical (unpaired) electrons. The van der Waals surface area contributed by atoms with E-state index in [0.29, 0.717) is 23.4 Å². The molecule has 2 N–H and O–H groups in total. The molecule has 0 aromatic heterocycles. The molecule has 17 heavy (non-hydrogen) atoms. The summed E-state index contributed by atoms with van der Waals surface area (Å²) >= 11 is 0. The number of benzene rings is 1. The first kappa shape index (κ1) is 12.8. The molecule has 0 bridgehead atoms. The van der Waals surface area contributed by atoms with E-state index >= 15 is 0 Å². The number of methoxy groups -OCH3 is 1. The normalized spacial score (nSPS) is 11.4. The zero-order chi connectivity index (χ0) is 12.8. The van der Waals surface area contributed by atoms with Gasteiger partial charge in [-0.25, -0.2) is 4.79 Å². The number of nitriles is 1. The Labute approximate surface area is 99.7 Å². The first-order valence-corrected chi connectivity index (χ1v) is 5.16. The summed E-state index contributed by atoms with van der Waals surface area (Å²) in [6, 6.07) is 6.48. The van der Waals surface area contributed by atoms with Gasteiger partial charge in [0.15, 0.2) is 6.10 Å². The third-order valence-corrected chi connectivity index (χ3v) is 2.23. The number of nitrogens with two attached hydrogens (primary N) is 1. The average Bonchev–Trinajstić information content (AvgIpc) is 2.35. The van der Waals surface area contributed by atoms with Crippen molar-refractivity contribution < 1.29 is 14.3 Å². The van der Waals surface area contributed by atoms with E-state index in [4.69, 9.17) is 20.5 Å². The number of hydrogen-bond acceptors (Lipinski definition) is 5. The van der Waals surface area contributed by atoms with Gasteiger partial charge in [-0.15, -0.1) is 0 Å². The highest BCUT2D eigenvalue weighted by molar-refractivity contribution is 5.91. The first-order chi connectivity index (χ1) is 8.12. The van der Waals surface area contributed by atoms with Gasteiger partial charge < -0.3 is 15.2 Å². The van der Waals surface area contributed by atoms with Crippen molar-refractivity contribution in [2.24, 2.45) is 0 Å². The van der Waals surface area contributed by atoms with Gasteiger partial charge in [-0.3, -0.25) is 0 Å². The highest BCUT2D eigenvalue weighted by Gasteiger charge is 2.14. The minimum Gasteiger partial charge on any atom is -0.495 e. The lowest BCUT2D eigenvalue weighted by Gasteiger charge is -2.10. The van der Waals surface area contributed by atoms with E-state index in [-0.39, 0.29) is 0 Å². The lowest BCUT2D eigenvalue weighted by atomic mass is 10.2. The van der Waals surface area contributed by atoms with Crippen LogP contribution in [0.25, 0.3) is 0 Å². The molecule has 5 nitrogen and oxygen atoms in total. The maximum absolute atomic E-state index is 11.7. The molecule has 0 spiro atoms. The average molecular weight is 234 g/mol. The SMILES string of the molecule is CCC(C#N)OC(=O)c1ccc(OC)c(N)c1. The molecule has 1 atom stereocenters. The van der Waals surface area contributed by atoms with Crippen LogP contribution in [-0.2, 0) is 4.74 Å². The quantitative estimate of drug-likeness (QED) is 0.633. The minimum atomic E-state index is -0.731. The molecule has 90 valence electrons. The Bertz CT molecular complexity index is 452. The molecule has 0 saturated heterocycles. The largest absolute Gasteiger partial charge is 0.495 e. The Kier molecular flexibility index (Phi) is 4.35. The molecule has 1 aromatic rings. The van der Waals surface area contributed by atoms with Crippen LogP contribution in [0.2, 0.25) is 0 Å². The standard InChI is InChI=1S/C12H14N2O3/c1-3-9(7-13)17-12(15)8-4-5-11(16-2)10(14)6-8/h4-6,9H,3,14H2,1-2H3. The second-order valence-electron chi connectivity index (χ2n) is 3.39. The van der Waals surface area contributed by atoms with Crippen LogP contribution in [-0.4, -0.2) is 19.2 Å². The van der Waals surface area contributed by atoms with Crippen molar-refractivity contribution >= 4 is 11.7 Å². The van der Waals surface area contributed by atoms with Crippen molar-refractivity contribution in [2.45, 2.75) is 19.4 Å².